The van der Waals surface area contributed by atoms with Crippen LogP contribution in [-0.4, -0.2) is 30.0 Å². The number of carbonyl (C=O) groups is 1. The van der Waals surface area contributed by atoms with Crippen LogP contribution in [0.25, 0.3) is 0 Å². The molecule has 0 unspecified atom stereocenters. The highest BCUT2D eigenvalue weighted by Gasteiger charge is 2.27. The van der Waals surface area contributed by atoms with Crippen LogP contribution in [0, 0.1) is 3.57 Å². The lowest BCUT2D eigenvalue weighted by atomic mass is 10.2. The van der Waals surface area contributed by atoms with Crippen LogP contribution in [0.1, 0.15) is 10.4 Å². The number of phenolic OH excluding ortho intramolecular Hbond substituents is 1. The number of amides is 1. The lowest BCUT2D eigenvalue weighted by Gasteiger charge is -2.14. The van der Waals surface area contributed by atoms with Crippen molar-refractivity contribution < 1.29 is 18.7 Å². The Morgan fingerprint density at radius 1 is 1.53 bits per heavy atom. The zero-order valence-electron chi connectivity index (χ0n) is 8.71. The monoisotopic (exact) mass is 356 g/mol. The van der Waals surface area contributed by atoms with Gasteiger partial charge in [0.2, 0.25) is 0 Å². The Labute approximate surface area is 110 Å². The zero-order valence-corrected chi connectivity index (χ0v) is 10.9. The highest BCUT2D eigenvalue weighted by Crippen LogP contribution is 2.19. The first-order chi connectivity index (χ1) is 7.85. The molecule has 0 radical (unpaired) electrons. The third-order valence-electron chi connectivity index (χ3n) is 2.01. The Morgan fingerprint density at radius 3 is 2.76 bits per heavy atom. The predicted molar refractivity (Wildman–Crippen MR) is 67.2 cm³/mol. The Hall–Kier alpha value is -0.960. The van der Waals surface area contributed by atoms with Crippen molar-refractivity contribution in [1.29, 1.82) is 0 Å². The molecule has 0 saturated heterocycles. The summed E-state index contributed by atoms with van der Waals surface area (Å²) in [5.74, 6) is -4.15. The summed E-state index contributed by atoms with van der Waals surface area (Å²) in [6.45, 7) is -1.70. The van der Waals surface area contributed by atoms with Crippen molar-refractivity contribution in [2.24, 2.45) is 5.73 Å². The average Bonchev–Trinajstić information content (AvgIpc) is 2.29. The third kappa shape index (κ3) is 4.08. The molecule has 1 aromatic carbocycles. The van der Waals surface area contributed by atoms with E-state index in [2.05, 4.69) is 0 Å². The lowest BCUT2D eigenvalue weighted by molar-refractivity contribution is 0.0118. The molecule has 0 aliphatic heterocycles. The fourth-order valence-corrected chi connectivity index (χ4v) is 1.56. The quantitative estimate of drug-likeness (QED) is 0.713. The van der Waals surface area contributed by atoms with Crippen molar-refractivity contribution in [3.8, 4) is 5.75 Å². The smallest absolute Gasteiger partial charge is 0.277 e. The first-order valence-electron chi connectivity index (χ1n) is 4.70. The summed E-state index contributed by atoms with van der Waals surface area (Å²) < 4.78 is 26.3. The maximum absolute atomic E-state index is 12.8. The molecule has 0 atom stereocenters. The molecule has 7 heteroatoms. The predicted octanol–water partition coefficient (Wildman–Crippen LogP) is 1.32. The Balaban J connectivity index is 2.74. The van der Waals surface area contributed by atoms with Crippen molar-refractivity contribution in [2.45, 2.75) is 5.92 Å². The van der Waals surface area contributed by atoms with Gasteiger partial charge in [0.05, 0.1) is 18.7 Å². The Kier molecular flexibility index (Phi) is 4.63. The number of nitrogens with two attached hydrogens (primary N) is 1. The summed E-state index contributed by atoms with van der Waals surface area (Å²) in [7, 11) is 0. The van der Waals surface area contributed by atoms with Crippen molar-refractivity contribution in [2.75, 3.05) is 13.1 Å². The van der Waals surface area contributed by atoms with Crippen LogP contribution in [0.4, 0.5) is 8.78 Å². The fraction of sp³-hybridized carbons (Fsp3) is 0.300. The number of carbonyl (C=O) groups excluding carboxylic acids is 1. The molecule has 1 aromatic rings. The van der Waals surface area contributed by atoms with E-state index in [0.717, 1.165) is 3.57 Å². The topological polar surface area (TPSA) is 75.3 Å². The van der Waals surface area contributed by atoms with Crippen LogP contribution >= 0.6 is 22.6 Å². The molecule has 0 aliphatic rings. The van der Waals surface area contributed by atoms with E-state index in [9.17, 15) is 18.7 Å². The van der Waals surface area contributed by atoms with E-state index in [0.29, 0.717) is 0 Å². The number of hydrogen-bond donors (Lipinski definition) is 3. The molecule has 0 spiro atoms. The normalized spacial score (nSPS) is 11.3. The van der Waals surface area contributed by atoms with E-state index in [1.54, 1.807) is 6.07 Å². The number of alkyl halides is 2. The summed E-state index contributed by atoms with van der Waals surface area (Å²) in [6, 6.07) is 4.34. The summed E-state index contributed by atoms with van der Waals surface area (Å²) in [5.41, 5.74) is 4.80. The van der Waals surface area contributed by atoms with Crippen LogP contribution in [0.5, 0.6) is 5.75 Å². The van der Waals surface area contributed by atoms with Gasteiger partial charge in [-0.15, -0.1) is 0 Å². The Morgan fingerprint density at radius 2 is 2.18 bits per heavy atom. The van der Waals surface area contributed by atoms with Crippen LogP contribution in [0.15, 0.2) is 18.2 Å². The SMILES string of the molecule is NCC(F)(F)CNC(=O)c1cc(I)ccc1O. The molecule has 0 aliphatic carbocycles. The van der Waals surface area contributed by atoms with Crippen molar-refractivity contribution >= 4 is 28.5 Å². The van der Waals surface area contributed by atoms with E-state index in [4.69, 9.17) is 5.73 Å². The van der Waals surface area contributed by atoms with Crippen molar-refractivity contribution in [3.05, 3.63) is 27.3 Å². The van der Waals surface area contributed by atoms with E-state index >= 15 is 0 Å². The van der Waals surface area contributed by atoms with Gasteiger partial charge >= 0.3 is 0 Å². The molecule has 1 rings (SSSR count). The Bertz CT molecular complexity index is 427. The molecular weight excluding hydrogens is 345 g/mol. The first kappa shape index (κ1) is 14.1. The molecule has 4 nitrogen and oxygen atoms in total. The number of rotatable bonds is 4. The molecular formula is C10H11F2IN2O2. The van der Waals surface area contributed by atoms with Gasteiger partial charge in [-0.25, -0.2) is 8.78 Å². The molecule has 4 N–H and O–H groups in total. The van der Waals surface area contributed by atoms with Crippen LogP contribution in [-0.2, 0) is 0 Å². The maximum Gasteiger partial charge on any atom is 0.277 e. The standard InChI is InChI=1S/C10H11F2IN2O2/c11-10(12,4-14)5-15-9(17)7-3-6(13)1-2-8(7)16/h1-3,16H,4-5,14H2,(H,15,17). The molecule has 0 saturated carbocycles. The van der Waals surface area contributed by atoms with Crippen LogP contribution in [0.2, 0.25) is 0 Å². The maximum atomic E-state index is 12.8. The first-order valence-corrected chi connectivity index (χ1v) is 5.78. The minimum atomic E-state index is -3.15. The molecule has 0 fully saturated rings. The van der Waals surface area contributed by atoms with Gasteiger partial charge in [0.15, 0.2) is 0 Å². The third-order valence-corrected chi connectivity index (χ3v) is 2.68. The minimum Gasteiger partial charge on any atom is -0.507 e. The number of hydrogen-bond acceptors (Lipinski definition) is 3. The highest BCUT2D eigenvalue weighted by atomic mass is 127. The molecule has 94 valence electrons. The molecule has 0 aromatic heterocycles. The summed E-state index contributed by atoms with van der Waals surface area (Å²) in [5, 5.41) is 11.4. The fourth-order valence-electron chi connectivity index (χ4n) is 1.07. The summed E-state index contributed by atoms with van der Waals surface area (Å²) >= 11 is 1.95. The summed E-state index contributed by atoms with van der Waals surface area (Å²) in [4.78, 5) is 11.5. The number of benzene rings is 1. The lowest BCUT2D eigenvalue weighted by Crippen LogP contribution is -2.41. The van der Waals surface area contributed by atoms with Crippen LogP contribution in [0.3, 0.4) is 0 Å². The van der Waals surface area contributed by atoms with Gasteiger partial charge in [-0.1, -0.05) is 0 Å². The van der Waals surface area contributed by atoms with Gasteiger partial charge in [0.25, 0.3) is 11.8 Å². The van der Waals surface area contributed by atoms with Gasteiger partial charge < -0.3 is 16.2 Å². The number of halogens is 3. The second kappa shape index (κ2) is 5.58. The molecule has 0 heterocycles. The number of aromatic hydroxyl groups is 1. The van der Waals surface area contributed by atoms with Crippen LogP contribution < -0.4 is 11.1 Å². The second-order valence-electron chi connectivity index (χ2n) is 3.40. The second-order valence-corrected chi connectivity index (χ2v) is 4.65. The van der Waals surface area contributed by atoms with Gasteiger partial charge in [0.1, 0.15) is 5.75 Å². The van der Waals surface area contributed by atoms with E-state index < -0.39 is 24.9 Å². The van der Waals surface area contributed by atoms with Gasteiger partial charge in [-0.3, -0.25) is 4.79 Å². The largest absolute Gasteiger partial charge is 0.507 e. The van der Waals surface area contributed by atoms with Crippen molar-refractivity contribution in [3.63, 3.8) is 0 Å². The molecule has 0 bridgehead atoms. The minimum absolute atomic E-state index is 0.0373. The van der Waals surface area contributed by atoms with Gasteiger partial charge in [0, 0.05) is 3.57 Å². The molecule has 1 amide bonds. The average molecular weight is 356 g/mol. The van der Waals surface area contributed by atoms with E-state index in [-0.39, 0.29) is 11.3 Å². The number of nitrogens with one attached hydrogen (secondary N) is 1. The van der Waals surface area contributed by atoms with E-state index in [1.165, 1.54) is 12.1 Å². The highest BCUT2D eigenvalue weighted by molar-refractivity contribution is 14.1. The van der Waals surface area contributed by atoms with E-state index in [1.807, 2.05) is 27.9 Å². The van der Waals surface area contributed by atoms with Gasteiger partial charge in [-0.05, 0) is 40.8 Å². The van der Waals surface area contributed by atoms with Crippen molar-refractivity contribution in [1.82, 2.24) is 5.32 Å². The van der Waals surface area contributed by atoms with Gasteiger partial charge in [-0.2, -0.15) is 0 Å². The zero-order chi connectivity index (χ0) is 13.1. The molecule has 17 heavy (non-hydrogen) atoms. The summed E-state index contributed by atoms with van der Waals surface area (Å²) in [6.07, 6.45) is 0. The number of phenols is 1.